The van der Waals surface area contributed by atoms with Crippen LogP contribution in [0.3, 0.4) is 0 Å². The standard InChI is InChI=1S/C17H14Cl2O3/c1-21-17(20)9-4-12-2-7-15(8-3-12)22-11-13-5-6-14(18)10-16(13)19/h2-10H,11H2,1H3/b9-4+. The van der Waals surface area contributed by atoms with Gasteiger partial charge in [0.1, 0.15) is 12.4 Å². The van der Waals surface area contributed by atoms with Gasteiger partial charge in [-0.25, -0.2) is 4.79 Å². The molecule has 0 fully saturated rings. The first-order valence-electron chi connectivity index (χ1n) is 6.51. The molecule has 3 nitrogen and oxygen atoms in total. The summed E-state index contributed by atoms with van der Waals surface area (Å²) in [5.74, 6) is 0.318. The zero-order valence-electron chi connectivity index (χ0n) is 11.9. The summed E-state index contributed by atoms with van der Waals surface area (Å²) in [6.45, 7) is 0.355. The molecule has 2 aromatic rings. The highest BCUT2D eigenvalue weighted by Crippen LogP contribution is 2.23. The molecule has 2 rings (SSSR count). The van der Waals surface area contributed by atoms with Gasteiger partial charge in [-0.1, -0.05) is 41.4 Å². The van der Waals surface area contributed by atoms with Gasteiger partial charge in [-0.05, 0) is 35.9 Å². The van der Waals surface area contributed by atoms with Crippen molar-refractivity contribution in [2.45, 2.75) is 6.61 Å². The van der Waals surface area contributed by atoms with E-state index in [1.165, 1.54) is 13.2 Å². The number of esters is 1. The molecule has 0 spiro atoms. The molecule has 0 heterocycles. The molecule has 0 aliphatic rings. The van der Waals surface area contributed by atoms with E-state index in [-0.39, 0.29) is 0 Å². The van der Waals surface area contributed by atoms with Gasteiger partial charge in [-0.2, -0.15) is 0 Å². The number of methoxy groups -OCH3 is 1. The van der Waals surface area contributed by atoms with Crippen LogP contribution in [0.15, 0.2) is 48.5 Å². The van der Waals surface area contributed by atoms with Crippen molar-refractivity contribution in [3.05, 3.63) is 69.7 Å². The molecular weight excluding hydrogens is 323 g/mol. The van der Waals surface area contributed by atoms with Gasteiger partial charge < -0.3 is 9.47 Å². The Bertz CT molecular complexity index is 679. The van der Waals surface area contributed by atoms with Crippen molar-refractivity contribution in [3.8, 4) is 5.75 Å². The number of hydrogen-bond donors (Lipinski definition) is 0. The van der Waals surface area contributed by atoms with E-state index in [1.807, 2.05) is 30.3 Å². The zero-order valence-corrected chi connectivity index (χ0v) is 13.4. The lowest BCUT2D eigenvalue weighted by atomic mass is 10.2. The highest BCUT2D eigenvalue weighted by atomic mass is 35.5. The zero-order chi connectivity index (χ0) is 15.9. The van der Waals surface area contributed by atoms with E-state index in [9.17, 15) is 4.79 Å². The van der Waals surface area contributed by atoms with E-state index in [0.29, 0.717) is 22.4 Å². The van der Waals surface area contributed by atoms with Gasteiger partial charge in [0.2, 0.25) is 0 Å². The number of ether oxygens (including phenoxy) is 2. The van der Waals surface area contributed by atoms with Crippen LogP contribution >= 0.6 is 23.2 Å². The van der Waals surface area contributed by atoms with Crippen LogP contribution in [0.5, 0.6) is 5.75 Å². The first-order chi connectivity index (χ1) is 10.6. The van der Waals surface area contributed by atoms with Gasteiger partial charge in [-0.3, -0.25) is 0 Å². The number of hydrogen-bond acceptors (Lipinski definition) is 3. The summed E-state index contributed by atoms with van der Waals surface area (Å²) in [5.41, 5.74) is 1.74. The van der Waals surface area contributed by atoms with Gasteiger partial charge in [-0.15, -0.1) is 0 Å². The van der Waals surface area contributed by atoms with Gasteiger partial charge >= 0.3 is 5.97 Å². The maximum Gasteiger partial charge on any atom is 0.330 e. The number of benzene rings is 2. The van der Waals surface area contributed by atoms with E-state index in [2.05, 4.69) is 4.74 Å². The Balaban J connectivity index is 1.96. The summed E-state index contributed by atoms with van der Waals surface area (Å²) in [5, 5.41) is 1.17. The number of carbonyl (C=O) groups excluding carboxylic acids is 1. The Labute approximate surface area is 139 Å². The van der Waals surface area contributed by atoms with E-state index in [1.54, 1.807) is 18.2 Å². The fraction of sp³-hybridized carbons (Fsp3) is 0.118. The van der Waals surface area contributed by atoms with Crippen molar-refractivity contribution in [3.63, 3.8) is 0 Å². The van der Waals surface area contributed by atoms with Crippen LogP contribution in [0, 0.1) is 0 Å². The second-order valence-electron chi connectivity index (χ2n) is 4.45. The first kappa shape index (κ1) is 16.4. The number of rotatable bonds is 5. The molecule has 0 aliphatic carbocycles. The van der Waals surface area contributed by atoms with Crippen LogP contribution in [-0.4, -0.2) is 13.1 Å². The van der Waals surface area contributed by atoms with Crippen molar-refractivity contribution in [2.75, 3.05) is 7.11 Å². The molecule has 0 N–H and O–H groups in total. The van der Waals surface area contributed by atoms with E-state index < -0.39 is 5.97 Å². The van der Waals surface area contributed by atoms with E-state index in [0.717, 1.165) is 11.1 Å². The molecule has 114 valence electrons. The minimum Gasteiger partial charge on any atom is -0.489 e. The van der Waals surface area contributed by atoms with Gasteiger partial charge in [0, 0.05) is 21.7 Å². The second kappa shape index (κ2) is 7.87. The number of halogens is 2. The monoisotopic (exact) mass is 336 g/mol. The minimum atomic E-state index is -0.391. The summed E-state index contributed by atoms with van der Waals surface area (Å²) >= 11 is 11.9. The highest BCUT2D eigenvalue weighted by molar-refractivity contribution is 6.35. The minimum absolute atomic E-state index is 0.355. The lowest BCUT2D eigenvalue weighted by molar-refractivity contribution is -0.134. The molecule has 0 saturated carbocycles. The summed E-state index contributed by atoms with van der Waals surface area (Å²) in [4.78, 5) is 11.0. The van der Waals surface area contributed by atoms with Crippen molar-refractivity contribution >= 4 is 35.2 Å². The van der Waals surface area contributed by atoms with Gasteiger partial charge in [0.15, 0.2) is 0 Å². The Kier molecular flexibility index (Phi) is 5.87. The molecule has 0 aliphatic heterocycles. The third-order valence-electron chi connectivity index (χ3n) is 2.90. The third-order valence-corrected chi connectivity index (χ3v) is 3.49. The highest BCUT2D eigenvalue weighted by Gasteiger charge is 2.02. The second-order valence-corrected chi connectivity index (χ2v) is 5.29. The molecular formula is C17H14Cl2O3. The van der Waals surface area contributed by atoms with Crippen LogP contribution in [0.2, 0.25) is 10.0 Å². The third kappa shape index (κ3) is 4.79. The molecule has 0 unspecified atom stereocenters. The van der Waals surface area contributed by atoms with Crippen LogP contribution in [0.25, 0.3) is 6.08 Å². The summed E-state index contributed by atoms with van der Waals surface area (Å²) in [6, 6.07) is 12.6. The average Bonchev–Trinajstić information content (AvgIpc) is 2.52. The van der Waals surface area contributed by atoms with E-state index in [4.69, 9.17) is 27.9 Å². The molecule has 0 radical (unpaired) electrons. The first-order valence-corrected chi connectivity index (χ1v) is 7.27. The molecule has 0 bridgehead atoms. The lowest BCUT2D eigenvalue weighted by Crippen LogP contribution is -1.96. The Morgan fingerprint density at radius 2 is 1.86 bits per heavy atom. The summed E-state index contributed by atoms with van der Waals surface area (Å²) < 4.78 is 10.2. The SMILES string of the molecule is COC(=O)/C=C/c1ccc(OCc2ccc(Cl)cc2Cl)cc1. The summed E-state index contributed by atoms with van der Waals surface area (Å²) in [7, 11) is 1.34. The lowest BCUT2D eigenvalue weighted by Gasteiger charge is -2.08. The average molecular weight is 337 g/mol. The smallest absolute Gasteiger partial charge is 0.330 e. The van der Waals surface area contributed by atoms with Gasteiger partial charge in [0.25, 0.3) is 0 Å². The predicted molar refractivity (Wildman–Crippen MR) is 88.3 cm³/mol. The van der Waals surface area contributed by atoms with Crippen molar-refractivity contribution in [1.29, 1.82) is 0 Å². The van der Waals surface area contributed by atoms with Crippen molar-refractivity contribution in [2.24, 2.45) is 0 Å². The fourth-order valence-electron chi connectivity index (χ4n) is 1.71. The Hall–Kier alpha value is -1.97. The van der Waals surface area contributed by atoms with Crippen LogP contribution in [0.1, 0.15) is 11.1 Å². The predicted octanol–water partition coefficient (Wildman–Crippen LogP) is 4.76. The largest absolute Gasteiger partial charge is 0.489 e. The summed E-state index contributed by atoms with van der Waals surface area (Å²) in [6.07, 6.45) is 3.04. The van der Waals surface area contributed by atoms with Crippen LogP contribution < -0.4 is 4.74 Å². The van der Waals surface area contributed by atoms with Crippen molar-refractivity contribution in [1.82, 2.24) is 0 Å². The topological polar surface area (TPSA) is 35.5 Å². The fourth-order valence-corrected chi connectivity index (χ4v) is 2.17. The van der Waals surface area contributed by atoms with E-state index >= 15 is 0 Å². The molecule has 0 aromatic heterocycles. The molecule has 22 heavy (non-hydrogen) atoms. The van der Waals surface area contributed by atoms with Crippen LogP contribution in [0.4, 0.5) is 0 Å². The normalized spacial score (nSPS) is 10.7. The molecule has 0 atom stereocenters. The van der Waals surface area contributed by atoms with Crippen LogP contribution in [-0.2, 0) is 16.1 Å². The Morgan fingerprint density at radius 3 is 2.50 bits per heavy atom. The molecule has 5 heteroatoms. The molecule has 0 amide bonds. The maximum atomic E-state index is 11.0. The molecule has 2 aromatic carbocycles. The number of carbonyl (C=O) groups is 1. The maximum absolute atomic E-state index is 11.0. The van der Waals surface area contributed by atoms with Crippen molar-refractivity contribution < 1.29 is 14.3 Å². The molecule has 0 saturated heterocycles. The quantitative estimate of drug-likeness (QED) is 0.583. The van der Waals surface area contributed by atoms with Gasteiger partial charge in [0.05, 0.1) is 7.11 Å². The Morgan fingerprint density at radius 1 is 1.14 bits per heavy atom.